The molecule has 9 aliphatic rings. The van der Waals surface area contributed by atoms with Gasteiger partial charge in [-0.15, -0.1) is 0 Å². The normalized spacial score (nSPS) is 25.0. The maximum atomic E-state index is 10.2. The molecule has 4 unspecified atom stereocenters. The zero-order valence-corrected chi connectivity index (χ0v) is 55.3. The molecule has 1 aromatic rings. The van der Waals surface area contributed by atoms with Crippen LogP contribution in [0.25, 0.3) is 0 Å². The van der Waals surface area contributed by atoms with E-state index >= 15 is 0 Å². The first-order valence-corrected chi connectivity index (χ1v) is 31.0. The number of carbonyl (C=O) groups excluding carboxylic acids is 3. The van der Waals surface area contributed by atoms with Crippen molar-refractivity contribution in [2.24, 2.45) is 58.2 Å². The van der Waals surface area contributed by atoms with E-state index in [1.54, 1.807) is 46.1 Å². The van der Waals surface area contributed by atoms with E-state index in [1.165, 1.54) is 83.8 Å². The van der Waals surface area contributed by atoms with Crippen molar-refractivity contribution < 1.29 is 68.7 Å². The number of ether oxygens (including phenoxy) is 5. The van der Waals surface area contributed by atoms with E-state index < -0.39 is 28.8 Å². The van der Waals surface area contributed by atoms with Crippen molar-refractivity contribution in [3.05, 3.63) is 48.7 Å². The Hall–Kier alpha value is -1.92. The summed E-state index contributed by atoms with van der Waals surface area (Å²) in [6, 6.07) is 10.3. The Labute approximate surface area is 508 Å². The van der Waals surface area contributed by atoms with Crippen molar-refractivity contribution in [3.63, 3.8) is 0 Å². The lowest BCUT2D eigenvalue weighted by Crippen LogP contribution is -2.43. The Morgan fingerprint density at radius 2 is 1.12 bits per heavy atom. The van der Waals surface area contributed by atoms with Crippen LogP contribution in [0.3, 0.4) is 0 Å². The highest BCUT2D eigenvalue weighted by molar-refractivity contribution is 6.76. The minimum absolute atomic E-state index is 0.0868. The molecule has 6 aliphatic carbocycles. The van der Waals surface area contributed by atoms with E-state index in [2.05, 4.69) is 85.8 Å². The molecule has 0 radical (unpaired) electrons. The molecule has 14 nitrogen and oxygen atoms in total. The highest BCUT2D eigenvalue weighted by atomic mass is 35.6. The number of ketones is 2. The molecule has 6 bridgehead atoms. The van der Waals surface area contributed by atoms with Crippen LogP contribution in [0.5, 0.6) is 0 Å². The van der Waals surface area contributed by atoms with E-state index in [-0.39, 0.29) is 25.3 Å². The maximum Gasteiger partial charge on any atom is 0.331 e. The molecule has 3 aliphatic heterocycles. The molecular weight excluding hydrogens is 1100 g/mol. The first-order valence-electron chi connectivity index (χ1n) is 29.9. The molecule has 3 heterocycles. The predicted molar refractivity (Wildman–Crippen MR) is 334 cm³/mol. The van der Waals surface area contributed by atoms with Crippen LogP contribution >= 0.6 is 34.8 Å². The first-order chi connectivity index (χ1) is 38.1. The Kier molecular flexibility index (Phi) is 56.5. The van der Waals surface area contributed by atoms with Gasteiger partial charge >= 0.3 is 5.97 Å². The number of aliphatic hydroxyl groups is 6. The van der Waals surface area contributed by atoms with Gasteiger partial charge in [0, 0.05) is 53.4 Å². The predicted octanol–water partition coefficient (Wildman–Crippen LogP) is 14.1. The highest BCUT2D eigenvalue weighted by Gasteiger charge is 2.51. The van der Waals surface area contributed by atoms with Gasteiger partial charge in [-0.1, -0.05) is 140 Å². The van der Waals surface area contributed by atoms with Crippen LogP contribution in [0.15, 0.2) is 43.2 Å². The fourth-order valence-electron chi connectivity index (χ4n) is 10.5. The Morgan fingerprint density at radius 3 is 1.30 bits per heavy atom. The van der Waals surface area contributed by atoms with Crippen molar-refractivity contribution >= 4 is 52.3 Å². The number of carbonyl (C=O) groups is 3. The highest BCUT2D eigenvalue weighted by Crippen LogP contribution is 2.60. The molecular formula is C64H119Cl3O14. The lowest BCUT2D eigenvalue weighted by Gasteiger charge is -2.53. The number of benzene rings is 1. The van der Waals surface area contributed by atoms with Gasteiger partial charge in [0.15, 0.2) is 12.1 Å². The van der Waals surface area contributed by atoms with Gasteiger partial charge in [0.05, 0.1) is 13.4 Å². The molecule has 9 fully saturated rings. The summed E-state index contributed by atoms with van der Waals surface area (Å²) in [4.78, 5) is 29.5. The summed E-state index contributed by atoms with van der Waals surface area (Å²) >= 11 is 15.0. The number of fused-ring (bicyclic) bond motifs is 2. The molecule has 81 heavy (non-hydrogen) atoms. The summed E-state index contributed by atoms with van der Waals surface area (Å²) in [5, 5.41) is 46.5. The average molecular weight is 1220 g/mol. The molecule has 1 aromatic carbocycles. The molecule has 17 heteroatoms. The van der Waals surface area contributed by atoms with Gasteiger partial charge < -0.3 is 54.3 Å². The fourth-order valence-corrected chi connectivity index (χ4v) is 10.6. The molecule has 0 spiro atoms. The van der Waals surface area contributed by atoms with Crippen molar-refractivity contribution in [1.82, 2.24) is 0 Å². The molecule has 480 valence electrons. The Morgan fingerprint density at radius 1 is 0.704 bits per heavy atom. The summed E-state index contributed by atoms with van der Waals surface area (Å²) < 4.78 is 22.2. The third kappa shape index (κ3) is 50.0. The van der Waals surface area contributed by atoms with Crippen LogP contribution in [-0.4, -0.2) is 139 Å². The van der Waals surface area contributed by atoms with Crippen LogP contribution in [0.2, 0.25) is 0 Å². The van der Waals surface area contributed by atoms with Crippen LogP contribution in [0, 0.1) is 65.1 Å². The van der Waals surface area contributed by atoms with Gasteiger partial charge in [-0.3, -0.25) is 9.59 Å². The second-order valence-electron chi connectivity index (χ2n) is 23.8. The van der Waals surface area contributed by atoms with Crippen LogP contribution < -0.4 is 0 Å². The quantitative estimate of drug-likeness (QED) is 0.0918. The molecule has 0 aromatic heterocycles. The standard InChI is InChI=1S/C11H18.C10H18.C7H8.C6H12O2.C5H10O.C5H12.C4H8O.C3H3Cl3O2.C3H6O3.C3H6O2.C3H8O.C2H6O.C2H4O/c1-7-10-3-8-2-9(5-10)6-11(7)4-8;1-7-6-8-4-5-9(7)10(8,2)3;1-7-5-3-2-4-6-7;1-7-6-4-2-3-5-8-6;1-2-4-6-5-3-1;1-5(2,3)4;1-2-4-5-3-1;4-3(5,6)2(8)1-7;1-6-3(5)2-4;1-3(5)2-4;1-2-3-4;2*1-2-3/h7-11H,2-6H2,1H3;7-9H,4-6H2,1-3H3;2-6H,1H3;6H,2-5H2,1H3;1-5H2;1-4H3;1-4H2;7H,1H2;4H,2H2,1H3;4H,2H2,1H3;4H,2-3H2,1H3;3H,2H2,1H3;2-3H,1H2. The molecule has 0 amide bonds. The smallest absolute Gasteiger partial charge is 0.331 e. The number of aliphatic hydroxyl groups excluding tert-OH is 6. The van der Waals surface area contributed by atoms with Crippen molar-refractivity contribution in [1.29, 1.82) is 0 Å². The topological polar surface area (TPSA) is 219 Å². The lowest BCUT2D eigenvalue weighted by atomic mass is 9.52. The van der Waals surface area contributed by atoms with Crippen LogP contribution in [-0.2, 0) is 38.1 Å². The zero-order chi connectivity index (χ0) is 62.9. The van der Waals surface area contributed by atoms with E-state index in [9.17, 15) is 14.4 Å². The summed E-state index contributed by atoms with van der Waals surface area (Å²) in [7, 11) is 2.91. The van der Waals surface area contributed by atoms with Gasteiger partial charge in [-0.25, -0.2) is 4.79 Å². The lowest BCUT2D eigenvalue weighted by molar-refractivity contribution is -0.145. The third-order valence-electron chi connectivity index (χ3n) is 14.4. The fraction of sp³-hybridized carbons (Fsp3) is 0.828. The van der Waals surface area contributed by atoms with E-state index in [0.29, 0.717) is 17.4 Å². The Balaban J connectivity index is -0.000000404. The number of rotatable bonds is 5. The number of Topliss-reactive ketones (excluding diaryl/α,β-unsaturated/α-hetero) is 2. The second-order valence-corrected chi connectivity index (χ2v) is 26.1. The number of alkyl halides is 3. The van der Waals surface area contributed by atoms with Gasteiger partial charge in [0.1, 0.15) is 19.8 Å². The van der Waals surface area contributed by atoms with Crippen molar-refractivity contribution in [2.75, 3.05) is 80.3 Å². The number of esters is 1. The number of methoxy groups -OCH3 is 2. The minimum Gasteiger partial charge on any atom is -0.516 e. The number of halogens is 3. The molecule has 4 atom stereocenters. The number of aryl methyl sites for hydroxylation is 1. The van der Waals surface area contributed by atoms with Gasteiger partial charge in [0.25, 0.3) is 3.79 Å². The summed E-state index contributed by atoms with van der Waals surface area (Å²) in [5.74, 6) is 7.23. The van der Waals surface area contributed by atoms with Gasteiger partial charge in [-0.2, -0.15) is 0 Å². The van der Waals surface area contributed by atoms with Gasteiger partial charge in [0.2, 0.25) is 5.78 Å². The molecule has 6 N–H and O–H groups in total. The second kappa shape index (κ2) is 53.5. The maximum absolute atomic E-state index is 10.2. The zero-order valence-electron chi connectivity index (χ0n) is 53.0. The number of hydrogen-bond acceptors (Lipinski definition) is 14. The van der Waals surface area contributed by atoms with Gasteiger partial charge in [-0.05, 0) is 188 Å². The third-order valence-corrected chi connectivity index (χ3v) is 15.0. The van der Waals surface area contributed by atoms with Crippen molar-refractivity contribution in [3.8, 4) is 0 Å². The van der Waals surface area contributed by atoms with E-state index in [1.807, 2.05) is 25.1 Å². The summed E-state index contributed by atoms with van der Waals surface area (Å²) in [6.07, 6.45) is 24.2. The Bertz CT molecular complexity index is 1530. The van der Waals surface area contributed by atoms with Crippen molar-refractivity contribution in [2.45, 2.75) is 202 Å². The SMILES string of the molecule is C1CCOC1.C1CCOCC1.C=CO.CC(=O)CO.CC(C)(C)C.CC1C2CC3CC(C2)CC1C3.CC1CC2CCC1C2(C)C.CCCO.CCO.COC(=O)CO.COC1CCCCO1.Cc1ccccc1.O=C(CO)C(Cl)(Cl)Cl. The minimum atomic E-state index is -1.96. The number of hydrogen-bond donors (Lipinski definition) is 6. The average Bonchev–Trinajstić information content (AvgIpc) is 4.18. The van der Waals surface area contributed by atoms with E-state index in [0.717, 1.165) is 99.5 Å². The largest absolute Gasteiger partial charge is 0.516 e. The molecule has 3 saturated heterocycles. The van der Waals surface area contributed by atoms with Crippen LogP contribution in [0.1, 0.15) is 191 Å². The molecule has 6 saturated carbocycles. The summed E-state index contributed by atoms with van der Waals surface area (Å²) in [5.41, 5.74) is 2.52. The molecule has 10 rings (SSSR count). The van der Waals surface area contributed by atoms with Crippen LogP contribution in [0.4, 0.5) is 0 Å². The first kappa shape index (κ1) is 85.5. The monoisotopic (exact) mass is 1220 g/mol. The summed E-state index contributed by atoms with van der Waals surface area (Å²) in [6.45, 7) is 32.4. The van der Waals surface area contributed by atoms with E-state index in [4.69, 9.17) is 84.4 Å².